The predicted molar refractivity (Wildman–Crippen MR) is 44.7 cm³/mol. The van der Waals surface area contributed by atoms with Gasteiger partial charge in [0.15, 0.2) is 0 Å². The molecule has 1 aliphatic heterocycles. The molecular weight excluding hydrogens is 110 g/mol. The Balaban J connectivity index is 2.76. The van der Waals surface area contributed by atoms with Crippen LogP contribution in [-0.2, 0) is 0 Å². The van der Waals surface area contributed by atoms with Gasteiger partial charge in [-0.15, -0.1) is 0 Å². The topological polar surface area (TPSA) is 9.72 Å². The maximum Gasteiger partial charge on any atom is 0.270 e. The molecule has 1 heterocycles. The molecule has 1 fully saturated rings. The Labute approximate surface area is 62.9 Å². The van der Waals surface area contributed by atoms with Crippen molar-refractivity contribution >= 4 is 22.5 Å². The van der Waals surface area contributed by atoms with E-state index < -0.39 is 22.5 Å². The summed E-state index contributed by atoms with van der Waals surface area (Å²) < 4.78 is 27.6. The van der Waals surface area contributed by atoms with Gasteiger partial charge >= 0.3 is 0 Å². The normalized spacial score (nSPS) is 32.3. The van der Waals surface area contributed by atoms with Crippen LogP contribution >= 0.6 is 0 Å². The van der Waals surface area contributed by atoms with Crippen LogP contribution in [0.1, 0.15) is 0 Å². The Morgan fingerprint density at radius 2 is 1.11 bits per heavy atom. The monoisotopic (exact) mass is 126 g/mol. The van der Waals surface area contributed by atoms with E-state index in [9.17, 15) is 0 Å². The molecule has 0 unspecified atom stereocenters. The number of hydrogen-bond donors (Lipinski definition) is 0. The van der Waals surface area contributed by atoms with Crippen LogP contribution in [-0.4, -0.2) is 61.9 Å². The van der Waals surface area contributed by atoms with Crippen LogP contribution in [0.3, 0.4) is 0 Å². The maximum atomic E-state index is 7.62. The van der Waals surface area contributed by atoms with E-state index in [1.165, 1.54) is 0 Å². The second kappa shape index (κ2) is 2.77. The standard InChI is InChI=1S/C3H12B3N3/c1-7-4-8(2)6-9(3)5-7/h4-6H,1-3H3/i4D,5D,6D. The quantitative estimate of drug-likeness (QED) is 0.334. The molecule has 6 heteroatoms. The first-order valence-electron chi connectivity index (χ1n) is 4.62. The van der Waals surface area contributed by atoms with Gasteiger partial charge in [-0.05, 0) is 21.1 Å². The third-order valence-corrected chi connectivity index (χ3v) is 1.09. The summed E-state index contributed by atoms with van der Waals surface area (Å²) in [4.78, 5) is 0. The first-order chi connectivity index (χ1) is 5.46. The van der Waals surface area contributed by atoms with E-state index in [0.29, 0.717) is 0 Å². The summed E-state index contributed by atoms with van der Waals surface area (Å²) in [5.41, 5.74) is 0. The number of hydrogen-bond acceptors (Lipinski definition) is 3. The van der Waals surface area contributed by atoms with Crippen molar-refractivity contribution in [2.75, 3.05) is 21.1 Å². The van der Waals surface area contributed by atoms with Gasteiger partial charge in [-0.3, -0.25) is 0 Å². The molecule has 0 aliphatic carbocycles. The lowest BCUT2D eigenvalue weighted by Crippen LogP contribution is -2.57. The number of rotatable bonds is 0. The van der Waals surface area contributed by atoms with E-state index >= 15 is 0 Å². The van der Waals surface area contributed by atoms with Crippen LogP contribution < -0.4 is 0 Å². The van der Waals surface area contributed by atoms with Gasteiger partial charge in [0.05, 0.1) is 0 Å². The molecule has 0 aromatic rings. The van der Waals surface area contributed by atoms with Gasteiger partial charge in [-0.1, -0.05) is 0 Å². The third-order valence-electron chi connectivity index (χ3n) is 1.09. The van der Waals surface area contributed by atoms with Gasteiger partial charge in [0.2, 0.25) is 0 Å². The molecule has 0 atom stereocenters. The van der Waals surface area contributed by atoms with Crippen molar-refractivity contribution in [3.8, 4) is 0 Å². The van der Waals surface area contributed by atoms with Crippen molar-refractivity contribution in [3.63, 3.8) is 0 Å². The highest BCUT2D eigenvalue weighted by Crippen LogP contribution is 1.91. The lowest BCUT2D eigenvalue weighted by molar-refractivity contribution is 0.600. The molecule has 0 bridgehead atoms. The van der Waals surface area contributed by atoms with E-state index in [4.69, 9.17) is 4.01 Å². The van der Waals surface area contributed by atoms with Crippen LogP contribution in [0.25, 0.3) is 0 Å². The zero-order valence-electron chi connectivity index (χ0n) is 9.07. The Morgan fingerprint density at radius 1 is 0.889 bits per heavy atom. The summed E-state index contributed by atoms with van der Waals surface area (Å²) in [7, 11) is 3.37. The van der Waals surface area contributed by atoms with Gasteiger partial charge in [-0.25, -0.2) is 0 Å². The van der Waals surface area contributed by atoms with E-state index in [-0.39, 0.29) is 0 Å². The van der Waals surface area contributed by atoms with E-state index in [2.05, 4.69) is 0 Å². The van der Waals surface area contributed by atoms with Crippen LogP contribution in [0.2, 0.25) is 0 Å². The molecule has 9 heavy (non-hydrogen) atoms. The number of nitrogens with zero attached hydrogens (tertiary/aromatic N) is 3. The average Bonchev–Trinajstić information content (AvgIpc) is 2.08. The van der Waals surface area contributed by atoms with Crippen molar-refractivity contribution in [2.45, 2.75) is 0 Å². The highest BCUT2D eigenvalue weighted by molar-refractivity contribution is 6.64. The summed E-state index contributed by atoms with van der Waals surface area (Å²) >= 11 is 0. The maximum absolute atomic E-state index is 7.62. The third kappa shape index (κ3) is 2.04. The predicted octanol–water partition coefficient (Wildman–Crippen LogP) is -2.41. The molecule has 48 valence electrons. The molecule has 0 aromatic carbocycles. The Bertz CT molecular complexity index is 116. The minimum atomic E-state index is -0.591. The summed E-state index contributed by atoms with van der Waals surface area (Å²) in [5.74, 6) is 0. The minimum Gasteiger partial charge on any atom is -0.366 e. The lowest BCUT2D eigenvalue weighted by Gasteiger charge is -2.33. The SMILES string of the molecule is [2H]B1N(C)B([2H])N(C)B([2H])N1C. The molecule has 1 aliphatic rings. The molecule has 3 nitrogen and oxygen atoms in total. The van der Waals surface area contributed by atoms with Gasteiger partial charge < -0.3 is 14.2 Å². The molecule has 0 saturated carbocycles. The van der Waals surface area contributed by atoms with Crippen molar-refractivity contribution in [1.29, 1.82) is 4.01 Å². The molecule has 0 aromatic heterocycles. The van der Waals surface area contributed by atoms with Crippen LogP contribution in [0.4, 0.5) is 0 Å². The largest absolute Gasteiger partial charge is 0.366 e. The van der Waals surface area contributed by atoms with Gasteiger partial charge in [0.25, 0.3) is 22.5 Å². The fourth-order valence-corrected chi connectivity index (χ4v) is 0.951. The lowest BCUT2D eigenvalue weighted by atomic mass is 9.76. The molecule has 1 rings (SSSR count). The summed E-state index contributed by atoms with van der Waals surface area (Å²) in [6, 6.07) is 0. The Kier molecular flexibility index (Phi) is 1.25. The highest BCUT2D eigenvalue weighted by Gasteiger charge is 2.18. The smallest absolute Gasteiger partial charge is 0.270 e. The van der Waals surface area contributed by atoms with E-state index in [0.717, 1.165) is 0 Å². The fourth-order valence-electron chi connectivity index (χ4n) is 0.951. The Hall–Kier alpha value is 0.0748. The second-order valence-electron chi connectivity index (χ2n) is 2.34. The van der Waals surface area contributed by atoms with Gasteiger partial charge in [0, 0.05) is 4.01 Å². The Morgan fingerprint density at radius 3 is 1.33 bits per heavy atom. The molecule has 0 spiro atoms. The average molecular weight is 126 g/mol. The zero-order chi connectivity index (χ0) is 9.46. The van der Waals surface area contributed by atoms with Gasteiger partial charge in [0.1, 0.15) is 0 Å². The highest BCUT2D eigenvalue weighted by atomic mass is 15.2. The zero-order valence-corrected chi connectivity index (χ0v) is 6.07. The van der Waals surface area contributed by atoms with Gasteiger partial charge in [-0.2, -0.15) is 0 Å². The van der Waals surface area contributed by atoms with Crippen LogP contribution in [0.15, 0.2) is 0 Å². The summed E-state index contributed by atoms with van der Waals surface area (Å²) in [6.45, 7) is 0. The summed E-state index contributed by atoms with van der Waals surface area (Å²) in [5, 5.41) is 0. The van der Waals surface area contributed by atoms with Crippen molar-refractivity contribution in [2.24, 2.45) is 0 Å². The van der Waals surface area contributed by atoms with Crippen molar-refractivity contribution in [3.05, 3.63) is 0 Å². The molecular formula is C3H12B3N3. The summed E-state index contributed by atoms with van der Waals surface area (Å²) in [6.07, 6.45) is 0. The molecule has 0 amide bonds. The van der Waals surface area contributed by atoms with Crippen molar-refractivity contribution in [1.82, 2.24) is 14.2 Å². The molecule has 0 N–H and O–H groups in total. The van der Waals surface area contributed by atoms with Crippen LogP contribution in [0, 0.1) is 0 Å². The molecule has 1 saturated heterocycles. The van der Waals surface area contributed by atoms with Crippen molar-refractivity contribution < 1.29 is 0 Å². The minimum absolute atomic E-state index is 0.591. The van der Waals surface area contributed by atoms with Crippen LogP contribution in [0.5, 0.6) is 0 Å². The first-order valence-corrected chi connectivity index (χ1v) is 2.89. The first kappa shape index (κ1) is 4.06. The van der Waals surface area contributed by atoms with E-state index in [1.54, 1.807) is 35.3 Å². The second-order valence-corrected chi connectivity index (χ2v) is 2.34. The molecule has 0 radical (unpaired) electrons. The fraction of sp³-hybridized carbons (Fsp3) is 1.00. The van der Waals surface area contributed by atoms with E-state index in [1.807, 2.05) is 0 Å².